The van der Waals surface area contributed by atoms with Crippen molar-refractivity contribution >= 4 is 41.5 Å². The second kappa shape index (κ2) is 9.22. The highest BCUT2D eigenvalue weighted by Gasteiger charge is 2.32. The summed E-state index contributed by atoms with van der Waals surface area (Å²) in [6, 6.07) is 5.41. The Morgan fingerprint density at radius 3 is 2.91 bits per heavy atom. The molecular formula is C15H18Cl3N3O. The number of hydrogen-bond donors (Lipinski definition) is 1. The van der Waals surface area contributed by atoms with Crippen LogP contribution in [0.4, 0.5) is 0 Å². The Hall–Kier alpha value is -0.990. The van der Waals surface area contributed by atoms with E-state index < -0.39 is 0 Å². The first-order valence-corrected chi connectivity index (χ1v) is 7.68. The van der Waals surface area contributed by atoms with Gasteiger partial charge in [-0.25, -0.2) is 6.57 Å². The molecule has 1 N–H and O–H groups in total. The molecule has 1 amide bonds. The SMILES string of the molecule is Cl.[C-]#[N+][C@@H]1CCCN1C(=O)CNCCc1ccc(Cl)cc1Cl. The lowest BCUT2D eigenvalue weighted by Crippen LogP contribution is -2.40. The Morgan fingerprint density at radius 1 is 1.45 bits per heavy atom. The van der Waals surface area contributed by atoms with Gasteiger partial charge in [-0.15, -0.1) is 12.4 Å². The first-order valence-electron chi connectivity index (χ1n) is 6.92. The van der Waals surface area contributed by atoms with Crippen molar-refractivity contribution in [2.45, 2.75) is 25.4 Å². The first-order chi connectivity index (χ1) is 10.1. The molecule has 1 aromatic carbocycles. The van der Waals surface area contributed by atoms with Gasteiger partial charge in [0.15, 0.2) is 0 Å². The van der Waals surface area contributed by atoms with Gasteiger partial charge >= 0.3 is 6.17 Å². The molecule has 0 aliphatic carbocycles. The van der Waals surface area contributed by atoms with E-state index in [4.69, 9.17) is 29.8 Å². The van der Waals surface area contributed by atoms with E-state index in [1.165, 1.54) is 0 Å². The van der Waals surface area contributed by atoms with Crippen LogP contribution in [-0.2, 0) is 11.2 Å². The number of likely N-dealkylation sites (tertiary alicyclic amines) is 1. The fourth-order valence-electron chi connectivity index (χ4n) is 2.42. The van der Waals surface area contributed by atoms with E-state index in [2.05, 4.69) is 10.2 Å². The number of carbonyl (C=O) groups is 1. The van der Waals surface area contributed by atoms with Gasteiger partial charge in [-0.1, -0.05) is 29.3 Å². The molecule has 0 aromatic heterocycles. The molecule has 120 valence electrons. The number of carbonyl (C=O) groups excluding carboxylic acids is 1. The molecule has 1 aliphatic heterocycles. The zero-order valence-electron chi connectivity index (χ0n) is 12.0. The van der Waals surface area contributed by atoms with Crippen molar-refractivity contribution in [3.8, 4) is 0 Å². The van der Waals surface area contributed by atoms with Crippen molar-refractivity contribution in [2.24, 2.45) is 0 Å². The monoisotopic (exact) mass is 361 g/mol. The summed E-state index contributed by atoms with van der Waals surface area (Å²) in [4.78, 5) is 17.2. The van der Waals surface area contributed by atoms with E-state index in [0.717, 1.165) is 24.8 Å². The highest BCUT2D eigenvalue weighted by Crippen LogP contribution is 2.21. The zero-order chi connectivity index (χ0) is 15.2. The van der Waals surface area contributed by atoms with Gasteiger partial charge in [0.25, 0.3) is 0 Å². The molecule has 22 heavy (non-hydrogen) atoms. The fourth-order valence-corrected chi connectivity index (χ4v) is 2.92. The van der Waals surface area contributed by atoms with Crippen LogP contribution in [-0.4, -0.2) is 36.6 Å². The van der Waals surface area contributed by atoms with Crippen molar-refractivity contribution in [2.75, 3.05) is 19.6 Å². The molecule has 1 aliphatic rings. The molecule has 2 rings (SSSR count). The Labute approximate surface area is 147 Å². The Morgan fingerprint density at radius 2 is 2.23 bits per heavy atom. The molecule has 4 nitrogen and oxygen atoms in total. The van der Waals surface area contributed by atoms with Crippen molar-refractivity contribution in [1.29, 1.82) is 0 Å². The van der Waals surface area contributed by atoms with Crippen LogP contribution < -0.4 is 5.32 Å². The van der Waals surface area contributed by atoms with E-state index in [1.807, 2.05) is 6.07 Å². The van der Waals surface area contributed by atoms with Crippen molar-refractivity contribution in [3.05, 3.63) is 45.2 Å². The Bertz CT molecular complexity index is 559. The standard InChI is InChI=1S/C15H17Cl2N3O.ClH/c1-18-14-3-2-8-20(14)15(21)10-19-7-6-11-4-5-12(16)9-13(11)17;/h4-5,9,14,19H,2-3,6-8,10H2;1H/t14-;/m0./s1. The van der Waals surface area contributed by atoms with Crippen LogP contribution >= 0.6 is 35.6 Å². The van der Waals surface area contributed by atoms with Gasteiger partial charge in [0.05, 0.1) is 6.54 Å². The average Bonchev–Trinajstić information content (AvgIpc) is 2.93. The van der Waals surface area contributed by atoms with Crippen LogP contribution in [0.1, 0.15) is 18.4 Å². The maximum absolute atomic E-state index is 12.0. The number of amides is 1. The molecular weight excluding hydrogens is 345 g/mol. The molecule has 1 heterocycles. The molecule has 1 aromatic rings. The molecule has 1 saturated heterocycles. The summed E-state index contributed by atoms with van der Waals surface area (Å²) in [5, 5.41) is 4.37. The topological polar surface area (TPSA) is 36.7 Å². The third-order valence-electron chi connectivity index (χ3n) is 3.55. The maximum atomic E-state index is 12.0. The minimum atomic E-state index is -0.273. The van der Waals surface area contributed by atoms with Crippen molar-refractivity contribution in [3.63, 3.8) is 0 Å². The minimum Gasteiger partial charge on any atom is -0.308 e. The molecule has 7 heteroatoms. The molecule has 0 bridgehead atoms. The lowest BCUT2D eigenvalue weighted by Gasteiger charge is -2.16. The van der Waals surface area contributed by atoms with Gasteiger partial charge in [0, 0.05) is 23.0 Å². The summed E-state index contributed by atoms with van der Waals surface area (Å²) < 4.78 is 0. The number of benzene rings is 1. The van der Waals surface area contributed by atoms with Crippen LogP contribution in [0.15, 0.2) is 18.2 Å². The van der Waals surface area contributed by atoms with Crippen LogP contribution in [0.25, 0.3) is 4.85 Å². The maximum Gasteiger partial charge on any atom is 0.300 e. The van der Waals surface area contributed by atoms with Crippen molar-refractivity contribution < 1.29 is 4.79 Å². The van der Waals surface area contributed by atoms with Crippen LogP contribution in [0.5, 0.6) is 0 Å². The smallest absolute Gasteiger partial charge is 0.300 e. The van der Waals surface area contributed by atoms with Gasteiger partial charge in [0.1, 0.15) is 0 Å². The second-order valence-electron chi connectivity index (χ2n) is 5.00. The largest absolute Gasteiger partial charge is 0.308 e. The molecule has 1 fully saturated rings. The molecule has 1 atom stereocenters. The summed E-state index contributed by atoms with van der Waals surface area (Å²) in [5.41, 5.74) is 1.00. The number of nitrogens with one attached hydrogen (secondary N) is 1. The van der Waals surface area contributed by atoms with E-state index in [9.17, 15) is 4.79 Å². The number of nitrogens with zero attached hydrogens (tertiary/aromatic N) is 2. The van der Waals surface area contributed by atoms with E-state index >= 15 is 0 Å². The minimum absolute atomic E-state index is 0. The van der Waals surface area contributed by atoms with E-state index in [1.54, 1.807) is 17.0 Å². The van der Waals surface area contributed by atoms with Gasteiger partial charge < -0.3 is 5.32 Å². The Balaban J connectivity index is 0.00000242. The van der Waals surface area contributed by atoms with E-state index in [-0.39, 0.29) is 31.0 Å². The van der Waals surface area contributed by atoms with Crippen LogP contribution in [0.2, 0.25) is 10.0 Å². The predicted octanol–water partition coefficient (Wildman–Crippen LogP) is 3.42. The average molecular weight is 363 g/mol. The van der Waals surface area contributed by atoms with Gasteiger partial charge in [-0.05, 0) is 37.1 Å². The van der Waals surface area contributed by atoms with Crippen molar-refractivity contribution in [1.82, 2.24) is 10.2 Å². The van der Waals surface area contributed by atoms with E-state index in [0.29, 0.717) is 23.1 Å². The number of rotatable bonds is 5. The molecule has 0 saturated carbocycles. The summed E-state index contributed by atoms with van der Waals surface area (Å²) in [5.74, 6) is -0.00398. The third-order valence-corrected chi connectivity index (χ3v) is 4.14. The number of halogens is 3. The van der Waals surface area contributed by atoms with Gasteiger partial charge in [0.2, 0.25) is 5.91 Å². The lowest BCUT2D eigenvalue weighted by molar-refractivity contribution is -0.130. The molecule has 0 spiro atoms. The highest BCUT2D eigenvalue weighted by atomic mass is 35.5. The Kier molecular flexibility index (Phi) is 7.98. The summed E-state index contributed by atoms with van der Waals surface area (Å²) in [6.45, 7) is 8.68. The fraction of sp³-hybridized carbons (Fsp3) is 0.467. The summed E-state index contributed by atoms with van der Waals surface area (Å²) in [6.07, 6.45) is 2.16. The van der Waals surface area contributed by atoms with Crippen LogP contribution in [0.3, 0.4) is 0 Å². The normalized spacial score (nSPS) is 17.0. The first kappa shape index (κ1) is 19.1. The zero-order valence-corrected chi connectivity index (χ0v) is 14.3. The quantitative estimate of drug-likeness (QED) is 0.644. The van der Waals surface area contributed by atoms with Crippen LogP contribution in [0, 0.1) is 6.57 Å². The second-order valence-corrected chi connectivity index (χ2v) is 5.85. The van der Waals surface area contributed by atoms with Gasteiger partial charge in [-0.3, -0.25) is 14.5 Å². The molecule has 0 radical (unpaired) electrons. The number of hydrogen-bond acceptors (Lipinski definition) is 2. The highest BCUT2D eigenvalue weighted by molar-refractivity contribution is 6.35. The third kappa shape index (κ3) is 5.03. The van der Waals surface area contributed by atoms with Gasteiger partial charge in [-0.2, -0.15) is 0 Å². The predicted molar refractivity (Wildman–Crippen MR) is 91.6 cm³/mol. The summed E-state index contributed by atoms with van der Waals surface area (Å²) in [7, 11) is 0. The molecule has 0 unspecified atom stereocenters. The summed E-state index contributed by atoms with van der Waals surface area (Å²) >= 11 is 11.9. The lowest BCUT2D eigenvalue weighted by atomic mass is 10.1.